The zero-order valence-electron chi connectivity index (χ0n) is 29.3. The molecular weight excluding hydrogens is 606 g/mol. The van der Waals surface area contributed by atoms with Crippen LogP contribution in [0.4, 0.5) is 0 Å². The highest BCUT2D eigenvalue weighted by Gasteiger charge is 2.54. The van der Waals surface area contributed by atoms with Gasteiger partial charge in [0.1, 0.15) is 48.8 Å². The van der Waals surface area contributed by atoms with Crippen molar-refractivity contribution < 1.29 is 63.2 Å². The van der Waals surface area contributed by atoms with Crippen LogP contribution in [0.1, 0.15) is 81.6 Å². The number of carbonyl (C=O) groups is 2. The molecular formula is C32H59NO13. The van der Waals surface area contributed by atoms with Crippen molar-refractivity contribution >= 4 is 11.9 Å². The van der Waals surface area contributed by atoms with Gasteiger partial charge in [-0.1, -0.05) is 0 Å². The van der Waals surface area contributed by atoms with E-state index in [9.17, 15) is 30.0 Å². The van der Waals surface area contributed by atoms with E-state index in [1.54, 1.807) is 48.5 Å². The van der Waals surface area contributed by atoms with E-state index in [-0.39, 0.29) is 13.2 Å². The number of nitrogens with one attached hydrogen (secondary N) is 1. The van der Waals surface area contributed by atoms with Gasteiger partial charge in [-0.25, -0.2) is 4.79 Å². The molecule has 14 heteroatoms. The van der Waals surface area contributed by atoms with Crippen molar-refractivity contribution in [3.05, 3.63) is 0 Å². The number of hydrogen-bond donors (Lipinski definition) is 5. The fraction of sp³-hybridized carbons (Fsp3) is 0.938. The molecule has 0 aromatic carbocycles. The lowest BCUT2D eigenvalue weighted by Crippen LogP contribution is -2.67. The van der Waals surface area contributed by atoms with Gasteiger partial charge in [0.15, 0.2) is 12.2 Å². The number of aliphatic hydroxyl groups is 4. The molecule has 5 N–H and O–H groups in total. The predicted molar refractivity (Wildman–Crippen MR) is 166 cm³/mol. The summed E-state index contributed by atoms with van der Waals surface area (Å²) in [6.45, 7) is 16.1. The van der Waals surface area contributed by atoms with E-state index in [0.717, 1.165) is 0 Å². The standard InChI is InChI=1S/C32H59NO13/c1-12-41-29(39)26-24(19(35)18(34)22(43-26)17(2)40-11)46-31(6,7)15-13-14-16-42-32(8,9)27-21(37)20(36)23(45-30(3,4)5)25(44-27)28(38)33-10/h17-27,34-37H,12-16H2,1-11H3,(H,33,38)/t17-,18?,19?,20?,21?,22?,23+,24+,25?,26?,27?/m1/s1. The van der Waals surface area contributed by atoms with Crippen LogP contribution >= 0.6 is 0 Å². The topological polar surface area (TPSA) is 192 Å². The Kier molecular flexibility index (Phi) is 14.8. The number of hydrogen-bond acceptors (Lipinski definition) is 13. The molecule has 2 rings (SSSR count). The molecule has 1 amide bonds. The molecule has 0 aliphatic carbocycles. The Morgan fingerprint density at radius 3 is 1.98 bits per heavy atom. The van der Waals surface area contributed by atoms with Gasteiger partial charge in [0.05, 0.1) is 29.5 Å². The Morgan fingerprint density at radius 2 is 1.43 bits per heavy atom. The van der Waals surface area contributed by atoms with E-state index < -0.39 is 95.8 Å². The first kappa shape index (κ1) is 40.7. The molecule has 0 bridgehead atoms. The number of amides is 1. The van der Waals surface area contributed by atoms with E-state index in [2.05, 4.69) is 5.32 Å². The van der Waals surface area contributed by atoms with Gasteiger partial charge in [-0.15, -0.1) is 0 Å². The molecule has 0 aromatic heterocycles. The molecule has 0 aromatic rings. The summed E-state index contributed by atoms with van der Waals surface area (Å²) in [4.78, 5) is 25.5. The highest BCUT2D eigenvalue weighted by atomic mass is 16.6. The monoisotopic (exact) mass is 665 g/mol. The molecule has 14 nitrogen and oxygen atoms in total. The molecule has 0 spiro atoms. The average molecular weight is 666 g/mol. The minimum Gasteiger partial charge on any atom is -0.464 e. The third-order valence-corrected chi connectivity index (χ3v) is 8.35. The highest BCUT2D eigenvalue weighted by Crippen LogP contribution is 2.35. The summed E-state index contributed by atoms with van der Waals surface area (Å²) in [5, 5.41) is 46.2. The second kappa shape index (κ2) is 16.8. The quantitative estimate of drug-likeness (QED) is 0.121. The summed E-state index contributed by atoms with van der Waals surface area (Å²) in [5.41, 5.74) is -2.64. The fourth-order valence-corrected chi connectivity index (χ4v) is 5.80. The van der Waals surface area contributed by atoms with Crippen molar-refractivity contribution in [2.75, 3.05) is 27.4 Å². The fourth-order valence-electron chi connectivity index (χ4n) is 5.80. The van der Waals surface area contributed by atoms with Crippen LogP contribution in [0.25, 0.3) is 0 Å². The van der Waals surface area contributed by atoms with Crippen LogP contribution in [-0.4, -0.2) is 144 Å². The minimum atomic E-state index is -1.43. The van der Waals surface area contributed by atoms with Gasteiger partial charge in [-0.3, -0.25) is 4.79 Å². The van der Waals surface area contributed by atoms with Crippen molar-refractivity contribution in [1.29, 1.82) is 0 Å². The van der Waals surface area contributed by atoms with Crippen LogP contribution in [0.3, 0.4) is 0 Å². The lowest BCUT2D eigenvalue weighted by molar-refractivity contribution is -0.281. The predicted octanol–water partition coefficient (Wildman–Crippen LogP) is 0.622. The van der Waals surface area contributed by atoms with Crippen LogP contribution in [-0.2, 0) is 42.7 Å². The smallest absolute Gasteiger partial charge is 0.338 e. The van der Waals surface area contributed by atoms with E-state index in [1.807, 2.05) is 13.8 Å². The number of methoxy groups -OCH3 is 1. The molecule has 46 heavy (non-hydrogen) atoms. The van der Waals surface area contributed by atoms with Crippen molar-refractivity contribution in [1.82, 2.24) is 5.32 Å². The number of carbonyl (C=O) groups excluding carboxylic acids is 2. The van der Waals surface area contributed by atoms with E-state index in [1.165, 1.54) is 14.2 Å². The first-order valence-electron chi connectivity index (χ1n) is 16.1. The van der Waals surface area contributed by atoms with Gasteiger partial charge in [-0.2, -0.15) is 0 Å². The van der Waals surface area contributed by atoms with Crippen molar-refractivity contribution in [3.63, 3.8) is 0 Å². The normalized spacial score (nSPS) is 33.4. The Hall–Kier alpha value is -1.46. The number of esters is 1. The molecule has 2 aliphatic rings. The maximum atomic E-state index is 12.8. The first-order valence-corrected chi connectivity index (χ1v) is 16.1. The zero-order valence-corrected chi connectivity index (χ0v) is 29.3. The van der Waals surface area contributed by atoms with Gasteiger partial charge < -0.3 is 58.9 Å². The van der Waals surface area contributed by atoms with Crippen LogP contribution in [0, 0.1) is 0 Å². The number of ether oxygens (including phenoxy) is 7. The van der Waals surface area contributed by atoms with Gasteiger partial charge >= 0.3 is 5.97 Å². The third kappa shape index (κ3) is 10.5. The molecule has 270 valence electrons. The van der Waals surface area contributed by atoms with Gasteiger partial charge in [0, 0.05) is 20.8 Å². The minimum absolute atomic E-state index is 0.105. The Balaban J connectivity index is 2.02. The molecule has 11 atom stereocenters. The molecule has 2 aliphatic heterocycles. The summed E-state index contributed by atoms with van der Waals surface area (Å²) < 4.78 is 40.6. The van der Waals surface area contributed by atoms with Crippen LogP contribution in [0.2, 0.25) is 0 Å². The lowest BCUT2D eigenvalue weighted by Gasteiger charge is -2.48. The Labute approximate surface area is 273 Å². The Bertz CT molecular complexity index is 970. The molecule has 2 saturated heterocycles. The largest absolute Gasteiger partial charge is 0.464 e. The van der Waals surface area contributed by atoms with E-state index in [4.69, 9.17) is 33.2 Å². The molecule has 8 unspecified atom stereocenters. The summed E-state index contributed by atoms with van der Waals surface area (Å²) >= 11 is 0. The highest BCUT2D eigenvalue weighted by molar-refractivity contribution is 5.81. The maximum Gasteiger partial charge on any atom is 0.338 e. The maximum absolute atomic E-state index is 12.8. The molecule has 0 saturated carbocycles. The average Bonchev–Trinajstić information content (AvgIpc) is 2.96. The zero-order chi connectivity index (χ0) is 35.2. The second-order valence-corrected chi connectivity index (χ2v) is 14.2. The molecule has 2 fully saturated rings. The van der Waals surface area contributed by atoms with Crippen molar-refractivity contribution in [3.8, 4) is 0 Å². The number of aliphatic hydroxyl groups excluding tert-OH is 4. The SMILES string of the molecule is CCOC(=O)C1OC([C@@H](C)OC)C(O)C(O)[C@@H]1OC(C)(C)CCCCOC(C)(C)C1OC(C(=O)NC)[C@@H](OC(C)(C)C)C(O)C1O. The molecule has 0 radical (unpaired) electrons. The number of rotatable bonds is 15. The van der Waals surface area contributed by atoms with Crippen molar-refractivity contribution in [2.45, 2.75) is 166 Å². The van der Waals surface area contributed by atoms with Gasteiger partial charge in [0.25, 0.3) is 5.91 Å². The van der Waals surface area contributed by atoms with Crippen LogP contribution in [0.5, 0.6) is 0 Å². The van der Waals surface area contributed by atoms with Gasteiger partial charge in [-0.05, 0) is 81.6 Å². The second-order valence-electron chi connectivity index (χ2n) is 14.2. The lowest BCUT2D eigenvalue weighted by atomic mass is 9.86. The van der Waals surface area contributed by atoms with Crippen LogP contribution in [0.15, 0.2) is 0 Å². The van der Waals surface area contributed by atoms with E-state index in [0.29, 0.717) is 19.3 Å². The number of likely N-dealkylation sites (N-methyl/N-ethyl adjacent to an activating group) is 1. The van der Waals surface area contributed by atoms with E-state index >= 15 is 0 Å². The molecule has 2 heterocycles. The summed E-state index contributed by atoms with van der Waals surface area (Å²) in [6.07, 6.45) is -11.2. The summed E-state index contributed by atoms with van der Waals surface area (Å²) in [6, 6.07) is 0. The third-order valence-electron chi connectivity index (χ3n) is 8.35. The van der Waals surface area contributed by atoms with Gasteiger partial charge in [0.2, 0.25) is 0 Å². The first-order chi connectivity index (χ1) is 21.2. The van der Waals surface area contributed by atoms with Crippen LogP contribution < -0.4 is 5.32 Å². The summed E-state index contributed by atoms with van der Waals surface area (Å²) in [5.74, 6) is -1.19. The Morgan fingerprint density at radius 1 is 0.848 bits per heavy atom. The summed E-state index contributed by atoms with van der Waals surface area (Å²) in [7, 11) is 2.90. The number of unbranched alkanes of at least 4 members (excludes halogenated alkanes) is 1. The van der Waals surface area contributed by atoms with Crippen molar-refractivity contribution in [2.24, 2.45) is 0 Å².